The fourth-order valence-electron chi connectivity index (χ4n) is 2.72. The highest BCUT2D eigenvalue weighted by Crippen LogP contribution is 2.20. The van der Waals surface area contributed by atoms with E-state index in [1.54, 1.807) is 36.1 Å². The van der Waals surface area contributed by atoms with Gasteiger partial charge in [-0.1, -0.05) is 24.3 Å². The Bertz CT molecular complexity index is 986. The second-order valence-electron chi connectivity index (χ2n) is 6.11. The van der Waals surface area contributed by atoms with Crippen LogP contribution in [0.15, 0.2) is 60.9 Å². The number of carbonyl (C=O) groups is 2. The van der Waals surface area contributed by atoms with Gasteiger partial charge in [0.05, 0.1) is 12.1 Å². The van der Waals surface area contributed by atoms with E-state index >= 15 is 0 Å². The first kappa shape index (κ1) is 19.2. The number of benzene rings is 2. The van der Waals surface area contributed by atoms with Gasteiger partial charge in [0.2, 0.25) is 5.91 Å². The fraction of sp³-hybridized carbons (Fsp3) is 0.150. The molecule has 0 saturated heterocycles. The van der Waals surface area contributed by atoms with E-state index in [9.17, 15) is 18.4 Å². The normalized spacial score (nSPS) is 11.7. The zero-order valence-electron chi connectivity index (χ0n) is 15.0. The summed E-state index contributed by atoms with van der Waals surface area (Å²) >= 11 is 0. The van der Waals surface area contributed by atoms with Crippen LogP contribution < -0.4 is 10.6 Å². The Kier molecular flexibility index (Phi) is 5.78. The average molecular weight is 384 g/mol. The molecule has 2 amide bonds. The van der Waals surface area contributed by atoms with E-state index in [1.807, 2.05) is 0 Å². The molecule has 8 heteroatoms. The third-order valence-electron chi connectivity index (χ3n) is 4.15. The summed E-state index contributed by atoms with van der Waals surface area (Å²) in [5.74, 6) is -1.71. The third kappa shape index (κ3) is 4.40. The first-order chi connectivity index (χ1) is 13.5. The first-order valence-electron chi connectivity index (χ1n) is 8.50. The molecule has 3 rings (SSSR count). The van der Waals surface area contributed by atoms with Crippen molar-refractivity contribution in [2.24, 2.45) is 7.05 Å². The Balaban J connectivity index is 1.71. The van der Waals surface area contributed by atoms with Gasteiger partial charge in [-0.25, -0.2) is 13.8 Å². The van der Waals surface area contributed by atoms with Crippen LogP contribution in [0.3, 0.4) is 0 Å². The highest BCUT2D eigenvalue weighted by molar-refractivity contribution is 5.96. The monoisotopic (exact) mass is 384 g/mol. The summed E-state index contributed by atoms with van der Waals surface area (Å²) in [6, 6.07) is 10.5. The first-order valence-corrected chi connectivity index (χ1v) is 8.50. The van der Waals surface area contributed by atoms with Gasteiger partial charge in [0, 0.05) is 19.4 Å². The van der Waals surface area contributed by atoms with E-state index in [2.05, 4.69) is 15.6 Å². The molecule has 1 atom stereocenters. The molecule has 1 heterocycles. The fourth-order valence-corrected chi connectivity index (χ4v) is 2.72. The summed E-state index contributed by atoms with van der Waals surface area (Å²) in [6.45, 7) is -0.352. The molecule has 28 heavy (non-hydrogen) atoms. The Morgan fingerprint density at radius 3 is 2.46 bits per heavy atom. The van der Waals surface area contributed by atoms with Crippen LogP contribution in [-0.2, 0) is 11.8 Å². The van der Waals surface area contributed by atoms with Crippen molar-refractivity contribution in [3.8, 4) is 0 Å². The number of amides is 2. The minimum Gasteiger partial charge on any atom is -0.343 e. The standard InChI is InChI=1S/C20H18F2N4O2/c1-26-11-10-23-19(26)18(13-6-8-14(21)9-7-13)25-17(27)12-24-20(28)15-4-2-3-5-16(15)22/h2-11,18H,12H2,1H3,(H,24,28)(H,25,27)/t18-/m0/s1. The summed E-state index contributed by atoms with van der Waals surface area (Å²) in [6.07, 6.45) is 3.30. The molecule has 0 aliphatic heterocycles. The van der Waals surface area contributed by atoms with E-state index in [0.717, 1.165) is 0 Å². The van der Waals surface area contributed by atoms with Gasteiger partial charge >= 0.3 is 0 Å². The van der Waals surface area contributed by atoms with Crippen molar-refractivity contribution in [2.45, 2.75) is 6.04 Å². The molecule has 2 N–H and O–H groups in total. The molecule has 0 fully saturated rings. The minimum atomic E-state index is -0.691. The van der Waals surface area contributed by atoms with Crippen LogP contribution in [0.25, 0.3) is 0 Å². The Morgan fingerprint density at radius 2 is 1.82 bits per heavy atom. The molecule has 144 valence electrons. The maximum atomic E-state index is 13.7. The largest absolute Gasteiger partial charge is 0.343 e. The highest BCUT2D eigenvalue weighted by Gasteiger charge is 2.21. The summed E-state index contributed by atoms with van der Waals surface area (Å²) in [4.78, 5) is 28.7. The molecule has 0 saturated carbocycles. The molecule has 6 nitrogen and oxygen atoms in total. The smallest absolute Gasteiger partial charge is 0.254 e. The zero-order chi connectivity index (χ0) is 20.1. The lowest BCUT2D eigenvalue weighted by Crippen LogP contribution is -2.39. The van der Waals surface area contributed by atoms with E-state index < -0.39 is 29.5 Å². The number of hydrogen-bond acceptors (Lipinski definition) is 3. The molecular weight excluding hydrogens is 366 g/mol. The summed E-state index contributed by atoms with van der Waals surface area (Å²) in [5.41, 5.74) is 0.485. The highest BCUT2D eigenvalue weighted by atomic mass is 19.1. The molecule has 2 aromatic carbocycles. The third-order valence-corrected chi connectivity index (χ3v) is 4.15. The van der Waals surface area contributed by atoms with Gasteiger partial charge in [-0.3, -0.25) is 9.59 Å². The number of rotatable bonds is 6. The van der Waals surface area contributed by atoms with Gasteiger partial charge in [0.25, 0.3) is 5.91 Å². The summed E-state index contributed by atoms with van der Waals surface area (Å²) in [7, 11) is 1.77. The maximum absolute atomic E-state index is 13.7. The lowest BCUT2D eigenvalue weighted by molar-refractivity contribution is -0.120. The quantitative estimate of drug-likeness (QED) is 0.685. The minimum absolute atomic E-state index is 0.144. The van der Waals surface area contributed by atoms with E-state index in [4.69, 9.17) is 0 Å². The van der Waals surface area contributed by atoms with Gasteiger partial charge in [0.15, 0.2) is 0 Å². The number of carbonyl (C=O) groups excluding carboxylic acids is 2. The van der Waals surface area contributed by atoms with Crippen LogP contribution in [0.4, 0.5) is 8.78 Å². The number of aromatic nitrogens is 2. The number of hydrogen-bond donors (Lipinski definition) is 2. The van der Waals surface area contributed by atoms with Gasteiger partial charge in [-0.05, 0) is 29.8 Å². The van der Waals surface area contributed by atoms with Gasteiger partial charge in [-0.2, -0.15) is 0 Å². The number of halogens is 2. The topological polar surface area (TPSA) is 76.0 Å². The number of imidazole rings is 1. The molecule has 0 radical (unpaired) electrons. The molecule has 3 aromatic rings. The molecule has 0 bridgehead atoms. The van der Waals surface area contributed by atoms with Crippen molar-refractivity contribution in [1.29, 1.82) is 0 Å². The lowest BCUT2D eigenvalue weighted by atomic mass is 10.1. The van der Waals surface area contributed by atoms with Crippen molar-refractivity contribution in [3.05, 3.63) is 89.5 Å². The van der Waals surface area contributed by atoms with Crippen molar-refractivity contribution >= 4 is 11.8 Å². The van der Waals surface area contributed by atoms with Crippen molar-refractivity contribution in [1.82, 2.24) is 20.2 Å². The van der Waals surface area contributed by atoms with Crippen molar-refractivity contribution in [3.63, 3.8) is 0 Å². The van der Waals surface area contributed by atoms with Crippen LogP contribution >= 0.6 is 0 Å². The van der Waals surface area contributed by atoms with Crippen molar-refractivity contribution in [2.75, 3.05) is 6.54 Å². The number of aryl methyl sites for hydroxylation is 1. The summed E-state index contributed by atoms with van der Waals surface area (Å²) < 4.78 is 28.6. The summed E-state index contributed by atoms with van der Waals surface area (Å²) in [5, 5.41) is 5.15. The lowest BCUT2D eigenvalue weighted by Gasteiger charge is -2.19. The Morgan fingerprint density at radius 1 is 1.11 bits per heavy atom. The van der Waals surface area contributed by atoms with Crippen LogP contribution in [0.1, 0.15) is 27.8 Å². The van der Waals surface area contributed by atoms with Crippen LogP contribution in [0, 0.1) is 11.6 Å². The molecule has 0 spiro atoms. The predicted octanol–water partition coefficient (Wildman–Crippen LogP) is 2.33. The molecular formula is C20H18F2N4O2. The number of nitrogens with one attached hydrogen (secondary N) is 2. The Hall–Kier alpha value is -3.55. The van der Waals surface area contributed by atoms with Gasteiger partial charge in [0.1, 0.15) is 23.5 Å². The molecule has 0 unspecified atom stereocenters. The maximum Gasteiger partial charge on any atom is 0.254 e. The van der Waals surface area contributed by atoms with Crippen LogP contribution in [0.2, 0.25) is 0 Å². The SMILES string of the molecule is Cn1ccnc1[C@@H](NC(=O)CNC(=O)c1ccccc1F)c1ccc(F)cc1. The second-order valence-corrected chi connectivity index (χ2v) is 6.11. The molecule has 1 aromatic heterocycles. The van der Waals surface area contributed by atoms with E-state index in [-0.39, 0.29) is 12.1 Å². The van der Waals surface area contributed by atoms with Crippen LogP contribution in [-0.4, -0.2) is 27.9 Å². The zero-order valence-corrected chi connectivity index (χ0v) is 15.0. The average Bonchev–Trinajstić information content (AvgIpc) is 3.11. The van der Waals surface area contributed by atoms with E-state index in [1.165, 1.54) is 36.4 Å². The molecule has 0 aliphatic carbocycles. The van der Waals surface area contributed by atoms with Gasteiger partial charge in [-0.15, -0.1) is 0 Å². The van der Waals surface area contributed by atoms with Gasteiger partial charge < -0.3 is 15.2 Å². The molecule has 0 aliphatic rings. The number of nitrogens with zero attached hydrogens (tertiary/aromatic N) is 2. The van der Waals surface area contributed by atoms with Crippen LogP contribution in [0.5, 0.6) is 0 Å². The Labute approximate surface area is 160 Å². The van der Waals surface area contributed by atoms with E-state index in [0.29, 0.717) is 11.4 Å². The van der Waals surface area contributed by atoms with Crippen molar-refractivity contribution < 1.29 is 18.4 Å². The predicted molar refractivity (Wildman–Crippen MR) is 98.3 cm³/mol. The second kappa shape index (κ2) is 8.43.